The maximum atomic E-state index is 11.7. The van der Waals surface area contributed by atoms with Crippen LogP contribution in [0.1, 0.15) is 15.9 Å². The highest BCUT2D eigenvalue weighted by Gasteiger charge is 2.16. The average molecular weight is 211 g/mol. The van der Waals surface area contributed by atoms with Gasteiger partial charge in [0.15, 0.2) is 0 Å². The van der Waals surface area contributed by atoms with Gasteiger partial charge in [0, 0.05) is 13.2 Å². The van der Waals surface area contributed by atoms with Gasteiger partial charge in [-0.1, -0.05) is 0 Å². The Bertz CT molecular complexity index is 473. The first-order chi connectivity index (χ1) is 6.68. The molecule has 0 saturated heterocycles. The van der Waals surface area contributed by atoms with Gasteiger partial charge in [0.25, 0.3) is 0 Å². The van der Waals surface area contributed by atoms with Crippen molar-refractivity contribution in [3.63, 3.8) is 0 Å². The first-order valence-electron chi connectivity index (χ1n) is 3.95. The fourth-order valence-corrected chi connectivity index (χ4v) is 1.35. The summed E-state index contributed by atoms with van der Waals surface area (Å²) in [6.07, 6.45) is 4.50. The maximum absolute atomic E-state index is 11.7. The lowest BCUT2D eigenvalue weighted by Crippen LogP contribution is -1.98. The maximum Gasteiger partial charge on any atom is 0.204 e. The molecule has 0 fully saturated rings. The lowest BCUT2D eigenvalue weighted by molar-refractivity contribution is 0.103. The molecule has 0 aliphatic heterocycles. The van der Waals surface area contributed by atoms with Crippen molar-refractivity contribution in [3.05, 3.63) is 41.1 Å². The molecule has 2 aromatic rings. The molecular weight excluding hydrogens is 204 g/mol. The number of aromatic nitrogens is 2. The Morgan fingerprint density at radius 3 is 2.93 bits per heavy atom. The first kappa shape index (κ1) is 9.02. The predicted molar refractivity (Wildman–Crippen MR) is 50.4 cm³/mol. The van der Waals surface area contributed by atoms with Crippen LogP contribution in [0.15, 0.2) is 29.1 Å². The average Bonchev–Trinajstić information content (AvgIpc) is 2.73. The van der Waals surface area contributed by atoms with Gasteiger partial charge in [-0.3, -0.25) is 9.48 Å². The van der Waals surface area contributed by atoms with Gasteiger partial charge in [-0.15, -0.1) is 0 Å². The molecule has 0 amide bonds. The normalized spacial score (nSPS) is 10.4. The summed E-state index contributed by atoms with van der Waals surface area (Å²) < 4.78 is 6.39. The molecule has 0 aliphatic rings. The van der Waals surface area contributed by atoms with E-state index in [-0.39, 0.29) is 11.0 Å². The van der Waals surface area contributed by atoms with E-state index in [4.69, 9.17) is 16.0 Å². The molecule has 0 unspecified atom stereocenters. The summed E-state index contributed by atoms with van der Waals surface area (Å²) in [6, 6.07) is 1.54. The number of furan rings is 1. The zero-order chi connectivity index (χ0) is 10.1. The predicted octanol–water partition coefficient (Wildman–Crippen LogP) is 1.90. The molecule has 2 rings (SSSR count). The lowest BCUT2D eigenvalue weighted by atomic mass is 10.1. The van der Waals surface area contributed by atoms with Crippen LogP contribution in [0, 0.1) is 0 Å². The molecule has 0 aliphatic carbocycles. The SMILES string of the molecule is Cn1cc(C(=O)c2ccoc2Cl)cn1. The van der Waals surface area contributed by atoms with E-state index in [0.717, 1.165) is 0 Å². The molecule has 2 heterocycles. The van der Waals surface area contributed by atoms with Gasteiger partial charge in [-0.05, 0) is 17.7 Å². The van der Waals surface area contributed by atoms with Gasteiger partial charge in [0.2, 0.25) is 11.0 Å². The molecular formula is C9H7ClN2O2. The monoisotopic (exact) mass is 210 g/mol. The minimum Gasteiger partial charge on any atom is -0.452 e. The Kier molecular flexibility index (Phi) is 2.13. The van der Waals surface area contributed by atoms with Crippen molar-refractivity contribution in [2.45, 2.75) is 0 Å². The Balaban J connectivity index is 2.38. The Morgan fingerprint density at radius 1 is 1.64 bits per heavy atom. The third-order valence-electron chi connectivity index (χ3n) is 1.83. The minimum absolute atomic E-state index is 0.110. The molecule has 0 N–H and O–H groups in total. The van der Waals surface area contributed by atoms with E-state index < -0.39 is 0 Å². The number of halogens is 1. The number of carbonyl (C=O) groups is 1. The van der Waals surface area contributed by atoms with Gasteiger partial charge < -0.3 is 4.42 Å². The van der Waals surface area contributed by atoms with E-state index in [0.29, 0.717) is 11.1 Å². The molecule has 2 aromatic heterocycles. The molecule has 0 saturated carbocycles. The number of nitrogens with zero attached hydrogens (tertiary/aromatic N) is 2. The Labute approximate surface area is 85.1 Å². The molecule has 0 atom stereocenters. The third-order valence-corrected chi connectivity index (χ3v) is 2.12. The molecule has 72 valence electrons. The van der Waals surface area contributed by atoms with Crippen molar-refractivity contribution in [1.29, 1.82) is 0 Å². The second kappa shape index (κ2) is 3.31. The topological polar surface area (TPSA) is 48.0 Å². The number of carbonyl (C=O) groups excluding carboxylic acids is 1. The van der Waals surface area contributed by atoms with Crippen molar-refractivity contribution < 1.29 is 9.21 Å². The highest BCUT2D eigenvalue weighted by atomic mass is 35.5. The second-order valence-corrected chi connectivity index (χ2v) is 3.18. The van der Waals surface area contributed by atoms with E-state index in [2.05, 4.69) is 5.10 Å². The summed E-state index contributed by atoms with van der Waals surface area (Å²) in [5.41, 5.74) is 0.857. The van der Waals surface area contributed by atoms with Crippen LogP contribution >= 0.6 is 11.6 Å². The molecule has 0 bridgehead atoms. The number of hydrogen-bond donors (Lipinski definition) is 0. The highest BCUT2D eigenvalue weighted by Crippen LogP contribution is 2.19. The van der Waals surface area contributed by atoms with Crippen LogP contribution in [-0.4, -0.2) is 15.6 Å². The molecule has 0 aromatic carbocycles. The fourth-order valence-electron chi connectivity index (χ4n) is 1.15. The fraction of sp³-hybridized carbons (Fsp3) is 0.111. The quantitative estimate of drug-likeness (QED) is 0.712. The summed E-state index contributed by atoms with van der Waals surface area (Å²) in [7, 11) is 1.74. The van der Waals surface area contributed by atoms with Gasteiger partial charge >= 0.3 is 0 Å². The zero-order valence-corrected chi connectivity index (χ0v) is 8.15. The largest absolute Gasteiger partial charge is 0.452 e. The van der Waals surface area contributed by atoms with Crippen molar-refractivity contribution in [3.8, 4) is 0 Å². The number of hydrogen-bond acceptors (Lipinski definition) is 3. The highest BCUT2D eigenvalue weighted by molar-refractivity contribution is 6.33. The summed E-state index contributed by atoms with van der Waals surface area (Å²) in [6.45, 7) is 0. The molecule has 5 heteroatoms. The smallest absolute Gasteiger partial charge is 0.204 e. The second-order valence-electron chi connectivity index (χ2n) is 2.84. The summed E-state index contributed by atoms with van der Waals surface area (Å²) >= 11 is 5.68. The van der Waals surface area contributed by atoms with E-state index >= 15 is 0 Å². The van der Waals surface area contributed by atoms with E-state index in [1.807, 2.05) is 0 Å². The van der Waals surface area contributed by atoms with Crippen molar-refractivity contribution >= 4 is 17.4 Å². The number of rotatable bonds is 2. The summed E-state index contributed by atoms with van der Waals surface area (Å²) in [4.78, 5) is 11.7. The number of aryl methyl sites for hydroxylation is 1. The van der Waals surface area contributed by atoms with Crippen molar-refractivity contribution in [1.82, 2.24) is 9.78 Å². The molecule has 0 spiro atoms. The van der Waals surface area contributed by atoms with Crippen LogP contribution in [0.5, 0.6) is 0 Å². The standard InChI is InChI=1S/C9H7ClN2O2/c1-12-5-6(4-11-12)8(13)7-2-3-14-9(7)10/h2-5H,1H3. The zero-order valence-electron chi connectivity index (χ0n) is 7.40. The van der Waals surface area contributed by atoms with Crippen LogP contribution in [0.25, 0.3) is 0 Å². The molecule has 14 heavy (non-hydrogen) atoms. The van der Waals surface area contributed by atoms with E-state index in [9.17, 15) is 4.79 Å². The number of ketones is 1. The molecule has 4 nitrogen and oxygen atoms in total. The van der Waals surface area contributed by atoms with Crippen LogP contribution < -0.4 is 0 Å². The van der Waals surface area contributed by atoms with Gasteiger partial charge in [0.05, 0.1) is 23.6 Å². The van der Waals surface area contributed by atoms with Crippen LogP contribution in [-0.2, 0) is 7.05 Å². The Morgan fingerprint density at radius 2 is 2.43 bits per heavy atom. The Hall–Kier alpha value is -1.55. The van der Waals surface area contributed by atoms with E-state index in [1.165, 1.54) is 18.5 Å². The molecule has 0 radical (unpaired) electrons. The third kappa shape index (κ3) is 1.44. The first-order valence-corrected chi connectivity index (χ1v) is 4.32. The van der Waals surface area contributed by atoms with Crippen molar-refractivity contribution in [2.75, 3.05) is 0 Å². The van der Waals surface area contributed by atoms with E-state index in [1.54, 1.807) is 17.9 Å². The van der Waals surface area contributed by atoms with Gasteiger partial charge in [0.1, 0.15) is 0 Å². The van der Waals surface area contributed by atoms with Crippen LogP contribution in [0.3, 0.4) is 0 Å². The van der Waals surface area contributed by atoms with Crippen LogP contribution in [0.4, 0.5) is 0 Å². The summed E-state index contributed by atoms with van der Waals surface area (Å²) in [5, 5.41) is 4.01. The minimum atomic E-state index is -0.183. The lowest BCUT2D eigenvalue weighted by Gasteiger charge is -1.92. The summed E-state index contributed by atoms with van der Waals surface area (Å²) in [5.74, 6) is -0.183. The van der Waals surface area contributed by atoms with Gasteiger partial charge in [-0.25, -0.2) is 0 Å². The van der Waals surface area contributed by atoms with Crippen LogP contribution in [0.2, 0.25) is 5.22 Å². The van der Waals surface area contributed by atoms with Crippen molar-refractivity contribution in [2.24, 2.45) is 7.05 Å². The van der Waals surface area contributed by atoms with Gasteiger partial charge in [-0.2, -0.15) is 5.10 Å².